The number of aliphatic carboxylic acids is 1. The summed E-state index contributed by atoms with van der Waals surface area (Å²) in [6.07, 6.45) is -0.830. The van der Waals surface area contributed by atoms with E-state index in [0.717, 1.165) is 11.3 Å². The van der Waals surface area contributed by atoms with Crippen molar-refractivity contribution in [3.8, 4) is 0 Å². The monoisotopic (exact) mass is 339 g/mol. The number of aryl methyl sites for hydroxylation is 1. The second kappa shape index (κ2) is 5.98. The number of halogens is 1. The van der Waals surface area contributed by atoms with E-state index in [-0.39, 0.29) is 30.3 Å². The summed E-state index contributed by atoms with van der Waals surface area (Å²) in [6.45, 7) is 2.19. The van der Waals surface area contributed by atoms with Crippen LogP contribution in [0.15, 0.2) is 10.3 Å². The van der Waals surface area contributed by atoms with Crippen molar-refractivity contribution in [1.29, 1.82) is 0 Å². The third kappa shape index (κ3) is 3.32. The van der Waals surface area contributed by atoms with Crippen LogP contribution < -0.4 is 0 Å². The average Bonchev–Trinajstić information content (AvgIpc) is 2.70. The number of thiophene rings is 1. The third-order valence-corrected chi connectivity index (χ3v) is 6.80. The summed E-state index contributed by atoms with van der Waals surface area (Å²) in [5, 5.41) is 8.75. The molecule has 9 heteroatoms. The molecule has 1 aliphatic heterocycles. The summed E-state index contributed by atoms with van der Waals surface area (Å²) < 4.78 is 32.1. The van der Waals surface area contributed by atoms with Gasteiger partial charge in [-0.15, -0.1) is 11.3 Å². The van der Waals surface area contributed by atoms with E-state index < -0.39 is 22.1 Å². The number of rotatable bonds is 4. The summed E-state index contributed by atoms with van der Waals surface area (Å²) in [5.41, 5.74) is 0.714. The Kier molecular flexibility index (Phi) is 4.70. The second-order valence-electron chi connectivity index (χ2n) is 4.48. The molecule has 1 saturated heterocycles. The first-order valence-corrected chi connectivity index (χ1v) is 8.53. The van der Waals surface area contributed by atoms with Crippen LogP contribution in [0.1, 0.15) is 12.0 Å². The first-order chi connectivity index (χ1) is 9.30. The molecule has 1 aliphatic rings. The quantitative estimate of drug-likeness (QED) is 0.900. The highest BCUT2D eigenvalue weighted by Gasteiger charge is 2.33. The number of sulfonamides is 1. The van der Waals surface area contributed by atoms with Crippen LogP contribution in [0.3, 0.4) is 0 Å². The van der Waals surface area contributed by atoms with Gasteiger partial charge in [-0.2, -0.15) is 4.31 Å². The number of morpholine rings is 1. The predicted molar refractivity (Wildman–Crippen MR) is 74.8 cm³/mol. The molecule has 1 N–H and O–H groups in total. The van der Waals surface area contributed by atoms with Gasteiger partial charge in [0.1, 0.15) is 4.21 Å². The molecule has 0 spiro atoms. The normalized spacial score (nSPS) is 21.0. The van der Waals surface area contributed by atoms with E-state index in [1.165, 1.54) is 10.4 Å². The Balaban J connectivity index is 2.19. The van der Waals surface area contributed by atoms with Crippen LogP contribution in [-0.2, 0) is 19.6 Å². The van der Waals surface area contributed by atoms with Gasteiger partial charge in [0.15, 0.2) is 0 Å². The smallest absolute Gasteiger partial charge is 0.306 e. The Labute approximate surface area is 126 Å². The lowest BCUT2D eigenvalue weighted by Crippen LogP contribution is -2.45. The highest BCUT2D eigenvalue weighted by Crippen LogP contribution is 2.32. The van der Waals surface area contributed by atoms with E-state index in [4.69, 9.17) is 21.4 Å². The van der Waals surface area contributed by atoms with Crippen LogP contribution in [0.25, 0.3) is 0 Å². The van der Waals surface area contributed by atoms with Gasteiger partial charge in [0.05, 0.1) is 23.5 Å². The zero-order chi connectivity index (χ0) is 14.9. The molecular formula is C11H14ClNO5S2. The van der Waals surface area contributed by atoms with Crippen molar-refractivity contribution in [2.24, 2.45) is 0 Å². The fourth-order valence-electron chi connectivity index (χ4n) is 1.91. The van der Waals surface area contributed by atoms with E-state index in [1.807, 2.05) is 0 Å². The Morgan fingerprint density at radius 1 is 1.65 bits per heavy atom. The van der Waals surface area contributed by atoms with Gasteiger partial charge < -0.3 is 9.84 Å². The van der Waals surface area contributed by atoms with Gasteiger partial charge in [0.25, 0.3) is 10.0 Å². The van der Waals surface area contributed by atoms with E-state index in [9.17, 15) is 13.2 Å². The molecule has 112 valence electrons. The van der Waals surface area contributed by atoms with Gasteiger partial charge >= 0.3 is 5.97 Å². The Hall–Kier alpha value is -0.670. The lowest BCUT2D eigenvalue weighted by molar-refractivity contribution is -0.141. The molecule has 1 unspecified atom stereocenters. The number of carboxylic acids is 1. The Bertz CT molecular complexity index is 593. The minimum absolute atomic E-state index is 0.0448. The fourth-order valence-corrected chi connectivity index (χ4v) is 5.23. The zero-order valence-corrected chi connectivity index (χ0v) is 13.1. The molecule has 0 aliphatic carbocycles. The highest BCUT2D eigenvalue weighted by atomic mass is 35.5. The van der Waals surface area contributed by atoms with Crippen molar-refractivity contribution in [3.63, 3.8) is 0 Å². The average molecular weight is 340 g/mol. The minimum Gasteiger partial charge on any atom is -0.481 e. The topological polar surface area (TPSA) is 83.9 Å². The van der Waals surface area contributed by atoms with Crippen LogP contribution in [0, 0.1) is 6.92 Å². The van der Waals surface area contributed by atoms with Crippen LogP contribution in [0.2, 0.25) is 4.34 Å². The molecule has 1 atom stereocenters. The largest absolute Gasteiger partial charge is 0.481 e. The molecule has 0 radical (unpaired) electrons. The van der Waals surface area contributed by atoms with Crippen LogP contribution in [0.4, 0.5) is 0 Å². The maximum Gasteiger partial charge on any atom is 0.306 e. The van der Waals surface area contributed by atoms with Crippen molar-refractivity contribution in [1.82, 2.24) is 4.31 Å². The second-order valence-corrected chi connectivity index (χ2v) is 8.29. The molecule has 2 heterocycles. The predicted octanol–water partition coefficient (Wildman–Crippen LogP) is 1.57. The summed E-state index contributed by atoms with van der Waals surface area (Å²) in [7, 11) is -3.64. The lowest BCUT2D eigenvalue weighted by Gasteiger charge is -2.31. The zero-order valence-electron chi connectivity index (χ0n) is 10.7. The van der Waals surface area contributed by atoms with Crippen LogP contribution in [-0.4, -0.2) is 49.6 Å². The summed E-state index contributed by atoms with van der Waals surface area (Å²) in [5.74, 6) is -1.01. The Morgan fingerprint density at radius 3 is 2.90 bits per heavy atom. The molecule has 0 aromatic carbocycles. The number of hydrogen-bond donors (Lipinski definition) is 1. The van der Waals surface area contributed by atoms with Crippen molar-refractivity contribution >= 4 is 38.9 Å². The fraction of sp³-hybridized carbons (Fsp3) is 0.545. The molecule has 2 rings (SSSR count). The van der Waals surface area contributed by atoms with Gasteiger partial charge in [-0.05, 0) is 18.6 Å². The number of hydrogen-bond acceptors (Lipinski definition) is 5. The van der Waals surface area contributed by atoms with E-state index in [0.29, 0.717) is 9.90 Å². The van der Waals surface area contributed by atoms with Crippen LogP contribution >= 0.6 is 22.9 Å². The molecule has 0 bridgehead atoms. The van der Waals surface area contributed by atoms with Crippen LogP contribution in [0.5, 0.6) is 0 Å². The summed E-state index contributed by atoms with van der Waals surface area (Å²) >= 11 is 6.91. The van der Waals surface area contributed by atoms with E-state index in [1.54, 1.807) is 6.92 Å². The van der Waals surface area contributed by atoms with Crippen molar-refractivity contribution in [3.05, 3.63) is 16.0 Å². The highest BCUT2D eigenvalue weighted by molar-refractivity contribution is 7.91. The maximum absolute atomic E-state index is 12.5. The van der Waals surface area contributed by atoms with Gasteiger partial charge in [-0.1, -0.05) is 11.6 Å². The van der Waals surface area contributed by atoms with Crippen molar-refractivity contribution < 1.29 is 23.1 Å². The Morgan fingerprint density at radius 2 is 2.35 bits per heavy atom. The van der Waals surface area contributed by atoms with E-state index in [2.05, 4.69) is 0 Å². The first kappa shape index (κ1) is 15.7. The van der Waals surface area contributed by atoms with E-state index >= 15 is 0 Å². The molecule has 1 aromatic heterocycles. The maximum atomic E-state index is 12.5. The molecule has 0 saturated carbocycles. The number of nitrogens with zero attached hydrogens (tertiary/aromatic N) is 1. The molecule has 0 amide bonds. The molecule has 1 fully saturated rings. The lowest BCUT2D eigenvalue weighted by atomic mass is 10.2. The minimum atomic E-state index is -3.64. The number of ether oxygens (including phenoxy) is 1. The number of carbonyl (C=O) groups is 1. The van der Waals surface area contributed by atoms with Gasteiger partial charge in [-0.3, -0.25) is 4.79 Å². The summed E-state index contributed by atoms with van der Waals surface area (Å²) in [4.78, 5) is 10.7. The van der Waals surface area contributed by atoms with Gasteiger partial charge in [0, 0.05) is 13.1 Å². The van der Waals surface area contributed by atoms with Gasteiger partial charge in [-0.25, -0.2) is 8.42 Å². The van der Waals surface area contributed by atoms with Crippen molar-refractivity contribution in [2.45, 2.75) is 23.7 Å². The molecule has 20 heavy (non-hydrogen) atoms. The molecule has 1 aromatic rings. The molecular weight excluding hydrogens is 326 g/mol. The standard InChI is InChI=1S/C11H14ClNO5S2/c1-7-4-10(19-11(7)12)20(16,17)13-2-3-18-8(6-13)5-9(14)15/h4,8H,2-3,5-6H2,1H3,(H,14,15). The first-order valence-electron chi connectivity index (χ1n) is 5.90. The van der Waals surface area contributed by atoms with Crippen molar-refractivity contribution in [2.75, 3.05) is 19.7 Å². The van der Waals surface area contributed by atoms with Gasteiger partial charge in [0.2, 0.25) is 0 Å². The summed E-state index contributed by atoms with van der Waals surface area (Å²) in [6, 6.07) is 1.53. The third-order valence-electron chi connectivity index (χ3n) is 2.93. The molecule has 6 nitrogen and oxygen atoms in total. The SMILES string of the molecule is Cc1cc(S(=O)(=O)N2CCOC(CC(=O)O)C2)sc1Cl. The number of carboxylic acid groups (broad SMARTS) is 1.